The van der Waals surface area contributed by atoms with E-state index in [1.807, 2.05) is 16.8 Å². The van der Waals surface area contributed by atoms with Crippen molar-refractivity contribution in [2.24, 2.45) is 0 Å². The zero-order chi connectivity index (χ0) is 10.9. The van der Waals surface area contributed by atoms with E-state index >= 15 is 0 Å². The van der Waals surface area contributed by atoms with Crippen LogP contribution in [0.1, 0.15) is 18.9 Å². The molecule has 1 aromatic heterocycles. The van der Waals surface area contributed by atoms with Crippen LogP contribution in [0.3, 0.4) is 0 Å². The summed E-state index contributed by atoms with van der Waals surface area (Å²) >= 11 is 1.63. The smallest absolute Gasteiger partial charge is 0.224 e. The maximum atomic E-state index is 11.4. The molecule has 0 atom stereocenters. The lowest BCUT2D eigenvalue weighted by Crippen LogP contribution is -2.28. The van der Waals surface area contributed by atoms with Crippen LogP contribution in [0.5, 0.6) is 0 Å². The number of nitrogens with one attached hydrogen (secondary N) is 2. The summed E-state index contributed by atoms with van der Waals surface area (Å²) in [6.45, 7) is 4.79. The second-order valence-electron chi connectivity index (χ2n) is 3.37. The average molecular weight is 226 g/mol. The van der Waals surface area contributed by atoms with Crippen molar-refractivity contribution in [3.8, 4) is 0 Å². The molecule has 1 heterocycles. The molecule has 0 aliphatic carbocycles. The van der Waals surface area contributed by atoms with Gasteiger partial charge in [0.1, 0.15) is 0 Å². The van der Waals surface area contributed by atoms with Crippen molar-refractivity contribution in [2.75, 3.05) is 19.6 Å². The minimum Gasteiger partial charge on any atom is -0.356 e. The average Bonchev–Trinajstić information content (AvgIpc) is 2.70. The molecule has 1 amide bonds. The summed E-state index contributed by atoms with van der Waals surface area (Å²) in [7, 11) is 0. The van der Waals surface area contributed by atoms with Gasteiger partial charge in [0, 0.05) is 6.54 Å². The maximum absolute atomic E-state index is 11.4. The molecule has 0 spiro atoms. The van der Waals surface area contributed by atoms with Gasteiger partial charge in [0.05, 0.1) is 6.42 Å². The molecule has 0 unspecified atom stereocenters. The molecule has 0 aliphatic heterocycles. The Morgan fingerprint density at radius 3 is 3.00 bits per heavy atom. The highest BCUT2D eigenvalue weighted by Crippen LogP contribution is 2.05. The fourth-order valence-electron chi connectivity index (χ4n) is 1.26. The first-order valence-corrected chi connectivity index (χ1v) is 6.25. The molecule has 2 N–H and O–H groups in total. The number of amides is 1. The molecule has 0 bridgehead atoms. The van der Waals surface area contributed by atoms with E-state index in [0.717, 1.165) is 31.6 Å². The minimum absolute atomic E-state index is 0.116. The number of carbonyl (C=O) groups is 1. The van der Waals surface area contributed by atoms with E-state index < -0.39 is 0 Å². The number of rotatable bonds is 7. The molecule has 0 aromatic carbocycles. The summed E-state index contributed by atoms with van der Waals surface area (Å²) < 4.78 is 0. The monoisotopic (exact) mass is 226 g/mol. The normalized spacial score (nSPS) is 10.2. The van der Waals surface area contributed by atoms with Crippen LogP contribution in [0.15, 0.2) is 16.8 Å². The van der Waals surface area contributed by atoms with Gasteiger partial charge in [0.2, 0.25) is 5.91 Å². The van der Waals surface area contributed by atoms with Gasteiger partial charge >= 0.3 is 0 Å². The van der Waals surface area contributed by atoms with Gasteiger partial charge in [-0.3, -0.25) is 4.79 Å². The van der Waals surface area contributed by atoms with E-state index in [1.54, 1.807) is 11.3 Å². The summed E-state index contributed by atoms with van der Waals surface area (Å²) in [6.07, 6.45) is 1.49. The predicted molar refractivity (Wildman–Crippen MR) is 64.2 cm³/mol. The van der Waals surface area contributed by atoms with E-state index in [4.69, 9.17) is 0 Å². The van der Waals surface area contributed by atoms with Gasteiger partial charge in [-0.2, -0.15) is 11.3 Å². The molecule has 4 heteroatoms. The fraction of sp³-hybridized carbons (Fsp3) is 0.545. The highest BCUT2D eigenvalue weighted by Gasteiger charge is 2.02. The van der Waals surface area contributed by atoms with Crippen molar-refractivity contribution >= 4 is 17.2 Å². The summed E-state index contributed by atoms with van der Waals surface area (Å²) in [6, 6.07) is 1.99. The third-order valence-electron chi connectivity index (χ3n) is 2.05. The van der Waals surface area contributed by atoms with Crippen molar-refractivity contribution in [3.05, 3.63) is 22.4 Å². The van der Waals surface area contributed by atoms with Gasteiger partial charge in [-0.15, -0.1) is 0 Å². The van der Waals surface area contributed by atoms with Crippen molar-refractivity contribution in [3.63, 3.8) is 0 Å². The standard InChI is InChI=1S/C11H18N2OS/c1-2-12-5-3-6-13-11(14)8-10-4-7-15-9-10/h4,7,9,12H,2-3,5-6,8H2,1H3,(H,13,14). The Morgan fingerprint density at radius 2 is 2.33 bits per heavy atom. The van der Waals surface area contributed by atoms with Gasteiger partial charge in [-0.05, 0) is 41.9 Å². The van der Waals surface area contributed by atoms with Crippen molar-refractivity contribution in [2.45, 2.75) is 19.8 Å². The summed E-state index contributed by atoms with van der Waals surface area (Å²) in [5, 5.41) is 10.1. The predicted octanol–water partition coefficient (Wildman–Crippen LogP) is 1.41. The SMILES string of the molecule is CCNCCCNC(=O)Cc1ccsc1. The zero-order valence-electron chi connectivity index (χ0n) is 9.08. The summed E-state index contributed by atoms with van der Waals surface area (Å²) in [5.41, 5.74) is 1.10. The Morgan fingerprint density at radius 1 is 1.47 bits per heavy atom. The van der Waals surface area contributed by atoms with Gasteiger partial charge in [0.15, 0.2) is 0 Å². The molecule has 84 valence electrons. The van der Waals surface area contributed by atoms with Gasteiger partial charge in [-0.25, -0.2) is 0 Å². The topological polar surface area (TPSA) is 41.1 Å². The van der Waals surface area contributed by atoms with Crippen LogP contribution >= 0.6 is 11.3 Å². The Balaban J connectivity index is 2.04. The first-order valence-electron chi connectivity index (χ1n) is 5.31. The Bertz CT molecular complexity index is 272. The van der Waals surface area contributed by atoms with Crippen molar-refractivity contribution in [1.29, 1.82) is 0 Å². The first-order chi connectivity index (χ1) is 7.33. The zero-order valence-corrected chi connectivity index (χ0v) is 9.90. The Labute approximate surface area is 94.9 Å². The molecule has 0 saturated carbocycles. The Kier molecular flexibility index (Phi) is 6.04. The molecule has 0 fully saturated rings. The van der Waals surface area contributed by atoms with E-state index in [2.05, 4.69) is 17.6 Å². The third kappa shape index (κ3) is 5.54. The van der Waals surface area contributed by atoms with Gasteiger partial charge < -0.3 is 10.6 Å². The van der Waals surface area contributed by atoms with E-state index in [9.17, 15) is 4.79 Å². The molecule has 1 rings (SSSR count). The first kappa shape index (κ1) is 12.2. The van der Waals surface area contributed by atoms with Crippen LogP contribution in [-0.2, 0) is 11.2 Å². The van der Waals surface area contributed by atoms with Crippen LogP contribution < -0.4 is 10.6 Å². The molecule has 15 heavy (non-hydrogen) atoms. The lowest BCUT2D eigenvalue weighted by molar-refractivity contribution is -0.120. The molecule has 1 aromatic rings. The molecular weight excluding hydrogens is 208 g/mol. The van der Waals surface area contributed by atoms with Crippen molar-refractivity contribution in [1.82, 2.24) is 10.6 Å². The quantitative estimate of drug-likeness (QED) is 0.690. The number of thiophene rings is 1. The molecule has 0 radical (unpaired) electrons. The fourth-order valence-corrected chi connectivity index (χ4v) is 1.93. The highest BCUT2D eigenvalue weighted by molar-refractivity contribution is 7.07. The number of hydrogen-bond acceptors (Lipinski definition) is 3. The van der Waals surface area contributed by atoms with E-state index in [-0.39, 0.29) is 5.91 Å². The number of hydrogen-bond donors (Lipinski definition) is 2. The molecule has 0 aliphatic rings. The van der Waals surface area contributed by atoms with Crippen LogP contribution in [0.25, 0.3) is 0 Å². The van der Waals surface area contributed by atoms with Crippen molar-refractivity contribution < 1.29 is 4.79 Å². The Hall–Kier alpha value is -0.870. The third-order valence-corrected chi connectivity index (χ3v) is 2.78. The lowest BCUT2D eigenvalue weighted by Gasteiger charge is -2.04. The molecule has 0 saturated heterocycles. The van der Waals surface area contributed by atoms with Crippen LogP contribution in [0.4, 0.5) is 0 Å². The molecular formula is C11H18N2OS. The van der Waals surface area contributed by atoms with Crippen LogP contribution in [0.2, 0.25) is 0 Å². The van der Waals surface area contributed by atoms with Crippen LogP contribution in [0, 0.1) is 0 Å². The molecule has 3 nitrogen and oxygen atoms in total. The van der Waals surface area contributed by atoms with Gasteiger partial charge in [-0.1, -0.05) is 6.92 Å². The lowest BCUT2D eigenvalue weighted by atomic mass is 10.2. The largest absolute Gasteiger partial charge is 0.356 e. The summed E-state index contributed by atoms with van der Waals surface area (Å²) in [4.78, 5) is 11.4. The highest BCUT2D eigenvalue weighted by atomic mass is 32.1. The minimum atomic E-state index is 0.116. The number of carbonyl (C=O) groups excluding carboxylic acids is 1. The van der Waals surface area contributed by atoms with Crippen LogP contribution in [-0.4, -0.2) is 25.5 Å². The van der Waals surface area contributed by atoms with E-state index in [1.165, 1.54) is 0 Å². The van der Waals surface area contributed by atoms with E-state index in [0.29, 0.717) is 6.42 Å². The second kappa shape index (κ2) is 7.43. The van der Waals surface area contributed by atoms with Gasteiger partial charge in [0.25, 0.3) is 0 Å². The second-order valence-corrected chi connectivity index (χ2v) is 4.15. The maximum Gasteiger partial charge on any atom is 0.224 e. The summed E-state index contributed by atoms with van der Waals surface area (Å²) in [5.74, 6) is 0.116.